The summed E-state index contributed by atoms with van der Waals surface area (Å²) >= 11 is 2.12. The highest BCUT2D eigenvalue weighted by Crippen LogP contribution is 2.35. The molecule has 0 aromatic rings. The van der Waals surface area contributed by atoms with Gasteiger partial charge in [-0.1, -0.05) is 31.0 Å². The molecule has 0 N–H and O–H groups in total. The Morgan fingerprint density at radius 3 is 2.93 bits per heavy atom. The van der Waals surface area contributed by atoms with Crippen LogP contribution in [-0.2, 0) is 0 Å². The summed E-state index contributed by atoms with van der Waals surface area (Å²) in [6, 6.07) is 0. The standard InChI is InChI=1S/C13H23PS/c1-3-4-5-6-13-10-15-8-7-12(13)9-11(2)14/h4-5,12-13H,2-3,6-10,14H2,1H3/b5-4+. The van der Waals surface area contributed by atoms with E-state index < -0.39 is 0 Å². The molecule has 1 heterocycles. The maximum Gasteiger partial charge on any atom is -0.00334 e. The summed E-state index contributed by atoms with van der Waals surface area (Å²) < 4.78 is 0. The van der Waals surface area contributed by atoms with Gasteiger partial charge in [-0.3, -0.25) is 0 Å². The van der Waals surface area contributed by atoms with Crippen molar-refractivity contribution in [2.75, 3.05) is 11.5 Å². The molecule has 0 spiro atoms. The fraction of sp³-hybridized carbons (Fsp3) is 0.692. The van der Waals surface area contributed by atoms with Crippen LogP contribution in [0.25, 0.3) is 0 Å². The summed E-state index contributed by atoms with van der Waals surface area (Å²) in [5.74, 6) is 4.44. The summed E-state index contributed by atoms with van der Waals surface area (Å²) in [5, 5.41) is 1.27. The Labute approximate surface area is 101 Å². The highest BCUT2D eigenvalue weighted by molar-refractivity contribution is 7.99. The highest BCUT2D eigenvalue weighted by Gasteiger charge is 2.24. The van der Waals surface area contributed by atoms with Gasteiger partial charge in [-0.2, -0.15) is 11.8 Å². The minimum Gasteiger partial charge on any atom is -0.162 e. The molecule has 3 unspecified atom stereocenters. The Balaban J connectivity index is 2.42. The molecule has 15 heavy (non-hydrogen) atoms. The zero-order valence-corrected chi connectivity index (χ0v) is 11.7. The summed E-state index contributed by atoms with van der Waals surface area (Å²) in [6.45, 7) is 6.22. The smallest absolute Gasteiger partial charge is 0.00334 e. The Kier molecular flexibility index (Phi) is 6.68. The Hall–Kier alpha value is 0.260. The van der Waals surface area contributed by atoms with E-state index in [1.54, 1.807) is 0 Å². The van der Waals surface area contributed by atoms with E-state index in [4.69, 9.17) is 0 Å². The predicted octanol–water partition coefficient (Wildman–Crippen LogP) is 4.49. The molecule has 0 aliphatic carbocycles. The van der Waals surface area contributed by atoms with Crippen LogP contribution in [0.15, 0.2) is 24.0 Å². The van der Waals surface area contributed by atoms with E-state index in [-0.39, 0.29) is 0 Å². The molecular weight excluding hydrogens is 219 g/mol. The van der Waals surface area contributed by atoms with E-state index in [0.717, 1.165) is 11.8 Å². The van der Waals surface area contributed by atoms with Crippen LogP contribution in [0.1, 0.15) is 32.6 Å². The molecule has 3 atom stereocenters. The fourth-order valence-corrected chi connectivity index (χ4v) is 3.79. The molecule has 0 radical (unpaired) electrons. The maximum atomic E-state index is 4.02. The first kappa shape index (κ1) is 13.3. The van der Waals surface area contributed by atoms with Crippen LogP contribution < -0.4 is 0 Å². The van der Waals surface area contributed by atoms with Crippen molar-refractivity contribution in [2.45, 2.75) is 32.6 Å². The van der Waals surface area contributed by atoms with Gasteiger partial charge >= 0.3 is 0 Å². The molecule has 0 aromatic carbocycles. The van der Waals surface area contributed by atoms with Crippen LogP contribution in [0, 0.1) is 11.8 Å². The van der Waals surface area contributed by atoms with Crippen molar-refractivity contribution >= 4 is 21.0 Å². The fourth-order valence-electron chi connectivity index (χ4n) is 2.14. The van der Waals surface area contributed by atoms with Crippen LogP contribution in [-0.4, -0.2) is 11.5 Å². The molecule has 2 heteroatoms. The summed E-state index contributed by atoms with van der Waals surface area (Å²) in [6.07, 6.45) is 9.68. The van der Waals surface area contributed by atoms with E-state index in [2.05, 4.69) is 46.7 Å². The van der Waals surface area contributed by atoms with Crippen LogP contribution in [0.5, 0.6) is 0 Å². The van der Waals surface area contributed by atoms with E-state index in [0.29, 0.717) is 0 Å². The van der Waals surface area contributed by atoms with Gasteiger partial charge in [0.05, 0.1) is 0 Å². The molecule has 1 aliphatic heterocycles. The third kappa shape index (κ3) is 5.22. The highest BCUT2D eigenvalue weighted by atomic mass is 32.2. The van der Waals surface area contributed by atoms with E-state index in [1.165, 1.54) is 42.5 Å². The first-order chi connectivity index (χ1) is 7.24. The number of hydrogen-bond acceptors (Lipinski definition) is 1. The van der Waals surface area contributed by atoms with Crippen molar-refractivity contribution in [3.63, 3.8) is 0 Å². The quantitative estimate of drug-likeness (QED) is 0.505. The molecule has 1 rings (SSSR count). The monoisotopic (exact) mass is 242 g/mol. The van der Waals surface area contributed by atoms with Gasteiger partial charge in [0.15, 0.2) is 0 Å². The van der Waals surface area contributed by atoms with Gasteiger partial charge in [0.2, 0.25) is 0 Å². The maximum absolute atomic E-state index is 4.02. The Morgan fingerprint density at radius 2 is 2.27 bits per heavy atom. The van der Waals surface area contributed by atoms with Gasteiger partial charge in [0.25, 0.3) is 0 Å². The molecular formula is C13H23PS. The van der Waals surface area contributed by atoms with Gasteiger partial charge in [0.1, 0.15) is 0 Å². The Bertz CT molecular complexity index is 223. The zero-order valence-electron chi connectivity index (χ0n) is 9.74. The van der Waals surface area contributed by atoms with Crippen LogP contribution in [0.3, 0.4) is 0 Å². The zero-order chi connectivity index (χ0) is 11.1. The van der Waals surface area contributed by atoms with Crippen LogP contribution >= 0.6 is 21.0 Å². The summed E-state index contributed by atoms with van der Waals surface area (Å²) in [7, 11) is 2.76. The average molecular weight is 242 g/mol. The van der Waals surface area contributed by atoms with Gasteiger partial charge in [-0.05, 0) is 49.0 Å². The van der Waals surface area contributed by atoms with Crippen LogP contribution in [0.4, 0.5) is 0 Å². The molecule has 0 nitrogen and oxygen atoms in total. The van der Waals surface area contributed by atoms with Gasteiger partial charge < -0.3 is 0 Å². The first-order valence-electron chi connectivity index (χ1n) is 5.90. The minimum atomic E-state index is 0.873. The molecule has 1 fully saturated rings. The van der Waals surface area contributed by atoms with Crippen molar-refractivity contribution in [1.82, 2.24) is 0 Å². The van der Waals surface area contributed by atoms with Crippen molar-refractivity contribution in [2.24, 2.45) is 11.8 Å². The normalized spacial score (nSPS) is 27.1. The van der Waals surface area contributed by atoms with Crippen LogP contribution in [0.2, 0.25) is 0 Å². The van der Waals surface area contributed by atoms with Crippen molar-refractivity contribution < 1.29 is 0 Å². The number of rotatable bonds is 5. The lowest BCUT2D eigenvalue weighted by Crippen LogP contribution is -2.22. The summed E-state index contributed by atoms with van der Waals surface area (Å²) in [4.78, 5) is 0. The molecule has 1 aliphatic rings. The Morgan fingerprint density at radius 1 is 1.47 bits per heavy atom. The second-order valence-corrected chi connectivity index (χ2v) is 6.33. The molecule has 0 bridgehead atoms. The second-order valence-electron chi connectivity index (χ2n) is 4.36. The first-order valence-corrected chi connectivity index (χ1v) is 7.63. The lowest BCUT2D eigenvalue weighted by atomic mass is 9.85. The number of thioether (sulfide) groups is 1. The number of hydrogen-bond donors (Lipinski definition) is 0. The average Bonchev–Trinajstić information content (AvgIpc) is 2.20. The van der Waals surface area contributed by atoms with Crippen molar-refractivity contribution in [3.05, 3.63) is 24.0 Å². The van der Waals surface area contributed by atoms with Gasteiger partial charge in [0, 0.05) is 0 Å². The molecule has 0 saturated carbocycles. The predicted molar refractivity (Wildman–Crippen MR) is 76.4 cm³/mol. The van der Waals surface area contributed by atoms with E-state index in [9.17, 15) is 0 Å². The largest absolute Gasteiger partial charge is 0.162 e. The van der Waals surface area contributed by atoms with Crippen molar-refractivity contribution in [1.29, 1.82) is 0 Å². The van der Waals surface area contributed by atoms with Crippen molar-refractivity contribution in [3.8, 4) is 0 Å². The molecule has 0 amide bonds. The number of allylic oxidation sites excluding steroid dienone is 3. The minimum absolute atomic E-state index is 0.873. The molecule has 86 valence electrons. The topological polar surface area (TPSA) is 0 Å². The third-order valence-corrected chi connectivity index (χ3v) is 4.42. The molecule has 0 aromatic heterocycles. The lowest BCUT2D eigenvalue weighted by molar-refractivity contribution is 0.350. The second kappa shape index (κ2) is 7.52. The molecule has 1 saturated heterocycles. The van der Waals surface area contributed by atoms with Gasteiger partial charge in [-0.15, -0.1) is 9.24 Å². The van der Waals surface area contributed by atoms with E-state index in [1.807, 2.05) is 0 Å². The van der Waals surface area contributed by atoms with Gasteiger partial charge in [-0.25, -0.2) is 0 Å². The summed E-state index contributed by atoms with van der Waals surface area (Å²) in [5.41, 5.74) is 0. The SMILES string of the molecule is C=C(P)CC1CCSCC1C/C=C/CC. The van der Waals surface area contributed by atoms with E-state index >= 15 is 0 Å². The third-order valence-electron chi connectivity index (χ3n) is 3.00. The lowest BCUT2D eigenvalue weighted by Gasteiger charge is -2.30.